The number of aromatic nitrogens is 3. The zero-order valence-corrected chi connectivity index (χ0v) is 13.7. The molecule has 0 bridgehead atoms. The van der Waals surface area contributed by atoms with Crippen LogP contribution in [0, 0.1) is 6.92 Å². The minimum Gasteiger partial charge on any atom is -0.288 e. The number of nitrogens with zero attached hydrogens (tertiary/aromatic N) is 4. The molecule has 0 amide bonds. The van der Waals surface area contributed by atoms with Crippen molar-refractivity contribution < 1.29 is 0 Å². The van der Waals surface area contributed by atoms with Crippen LogP contribution in [0.25, 0.3) is 0 Å². The Hall–Kier alpha value is -2.75. The van der Waals surface area contributed by atoms with Gasteiger partial charge in [0.1, 0.15) is 0 Å². The summed E-state index contributed by atoms with van der Waals surface area (Å²) in [6, 6.07) is 13.5. The topological polar surface area (TPSA) is 27.1 Å². The molecule has 3 aliphatic rings. The molecule has 118 valence electrons. The van der Waals surface area contributed by atoms with Crippen molar-refractivity contribution in [3.8, 4) is 0 Å². The molecule has 0 saturated carbocycles. The van der Waals surface area contributed by atoms with Gasteiger partial charge in [-0.2, -0.15) is 0 Å². The number of aliphatic imine (C=N–C) groups is 1. The Kier molecular flexibility index (Phi) is 2.02. The van der Waals surface area contributed by atoms with Crippen LogP contribution >= 0.6 is 0 Å². The Labute approximate surface area is 140 Å². The van der Waals surface area contributed by atoms with Crippen molar-refractivity contribution in [2.75, 3.05) is 0 Å². The Morgan fingerprint density at radius 3 is 1.92 bits per heavy atom. The van der Waals surface area contributed by atoms with Crippen LogP contribution in [-0.4, -0.2) is 19.4 Å². The number of rotatable bonds is 1. The summed E-state index contributed by atoms with van der Waals surface area (Å²) < 4.78 is 7.32. The Bertz CT molecular complexity index is 1050. The third-order valence-electron chi connectivity index (χ3n) is 5.76. The summed E-state index contributed by atoms with van der Waals surface area (Å²) in [5.74, 6) is -0.566. The second-order valence-electron chi connectivity index (χ2n) is 7.04. The molecular weight excluding hydrogens is 296 g/mol. The molecule has 0 saturated heterocycles. The molecular formula is C20H18N4. The third kappa shape index (κ3) is 1.19. The van der Waals surface area contributed by atoms with Crippen molar-refractivity contribution in [1.29, 1.82) is 0 Å². The molecule has 0 aromatic carbocycles. The van der Waals surface area contributed by atoms with E-state index in [2.05, 4.69) is 63.6 Å². The number of allylic oxidation sites excluding steroid dienone is 1. The molecule has 6 rings (SSSR count). The lowest BCUT2D eigenvalue weighted by atomic mass is 10.1. The highest BCUT2D eigenvalue weighted by Gasteiger charge is 2.49. The second kappa shape index (κ2) is 3.83. The number of aryl methyl sites for hydroxylation is 1. The summed E-state index contributed by atoms with van der Waals surface area (Å²) in [5.41, 5.74) is 8.98. The average Bonchev–Trinajstić information content (AvgIpc) is 3.28. The van der Waals surface area contributed by atoms with Crippen LogP contribution in [0.15, 0.2) is 54.0 Å². The fourth-order valence-corrected chi connectivity index (χ4v) is 4.89. The molecule has 1 unspecified atom stereocenters. The van der Waals surface area contributed by atoms with Gasteiger partial charge in [0.2, 0.25) is 0 Å². The highest BCUT2D eigenvalue weighted by atomic mass is 15.6. The van der Waals surface area contributed by atoms with Crippen molar-refractivity contribution in [3.63, 3.8) is 0 Å². The lowest BCUT2D eigenvalue weighted by Gasteiger charge is -2.48. The normalized spacial score (nSPS) is 22.5. The maximum atomic E-state index is 5.28. The largest absolute Gasteiger partial charge is 0.307 e. The van der Waals surface area contributed by atoms with Crippen LogP contribution in [0.5, 0.6) is 0 Å². The van der Waals surface area contributed by atoms with Gasteiger partial charge in [-0.1, -0.05) is 6.58 Å². The van der Waals surface area contributed by atoms with Gasteiger partial charge in [-0.05, 0) is 49.4 Å². The summed E-state index contributed by atoms with van der Waals surface area (Å²) in [5, 5.41) is 0. The minimum absolute atomic E-state index is 0.566. The van der Waals surface area contributed by atoms with Gasteiger partial charge < -0.3 is 0 Å². The number of hydrogen-bond donors (Lipinski definition) is 0. The first-order valence-electron chi connectivity index (χ1n) is 8.51. The summed E-state index contributed by atoms with van der Waals surface area (Å²) in [6.45, 7) is 6.19. The smallest absolute Gasteiger partial charge is 0.288 e. The summed E-state index contributed by atoms with van der Waals surface area (Å²) in [6.07, 6.45) is 4.69. The van der Waals surface area contributed by atoms with Crippen LogP contribution in [0.3, 0.4) is 0 Å². The first-order chi connectivity index (χ1) is 11.7. The molecule has 0 radical (unpaired) electrons. The van der Waals surface area contributed by atoms with E-state index in [1.54, 1.807) is 0 Å². The zero-order valence-electron chi connectivity index (χ0n) is 13.7. The molecule has 1 atom stereocenters. The molecule has 0 fully saturated rings. The highest BCUT2D eigenvalue weighted by molar-refractivity contribution is 5.96. The Morgan fingerprint density at radius 1 is 0.833 bits per heavy atom. The van der Waals surface area contributed by atoms with E-state index in [9.17, 15) is 0 Å². The van der Waals surface area contributed by atoms with E-state index >= 15 is 0 Å². The van der Waals surface area contributed by atoms with Crippen molar-refractivity contribution in [2.24, 2.45) is 4.99 Å². The maximum absolute atomic E-state index is 5.28. The standard InChI is InChI=1S/C20H18N4/c1-3-14-10-15-6-7-18-12-19-9-8-17-11-16-5-4-13(2)22(16)20(21-14,23(15)18)24(17)19/h3-9H,1,10-12H2,2H3. The minimum atomic E-state index is -0.566. The first-order valence-corrected chi connectivity index (χ1v) is 8.51. The molecule has 0 N–H and O–H groups in total. The zero-order chi connectivity index (χ0) is 16.1. The molecule has 3 aliphatic heterocycles. The van der Waals surface area contributed by atoms with E-state index in [-0.39, 0.29) is 0 Å². The van der Waals surface area contributed by atoms with Crippen LogP contribution in [0.2, 0.25) is 0 Å². The van der Waals surface area contributed by atoms with E-state index in [1.807, 2.05) is 6.08 Å². The molecule has 3 aromatic rings. The van der Waals surface area contributed by atoms with Crippen molar-refractivity contribution in [2.45, 2.75) is 32.1 Å². The van der Waals surface area contributed by atoms with Gasteiger partial charge in [0.25, 0.3) is 0 Å². The summed E-state index contributed by atoms with van der Waals surface area (Å²) >= 11 is 0. The molecule has 6 heterocycles. The fourth-order valence-electron chi connectivity index (χ4n) is 4.89. The average molecular weight is 314 g/mol. The van der Waals surface area contributed by atoms with Crippen molar-refractivity contribution in [3.05, 3.63) is 83.2 Å². The highest BCUT2D eigenvalue weighted by Crippen LogP contribution is 2.44. The lowest BCUT2D eigenvalue weighted by molar-refractivity contribution is 0.138. The van der Waals surface area contributed by atoms with E-state index < -0.39 is 5.91 Å². The van der Waals surface area contributed by atoms with Crippen LogP contribution in [-0.2, 0) is 25.2 Å². The second-order valence-corrected chi connectivity index (χ2v) is 7.04. The number of hydrogen-bond acceptors (Lipinski definition) is 1. The van der Waals surface area contributed by atoms with Gasteiger partial charge in [-0.3, -0.25) is 13.7 Å². The lowest BCUT2D eigenvalue weighted by Crippen LogP contribution is -2.56. The van der Waals surface area contributed by atoms with E-state index in [0.717, 1.165) is 25.0 Å². The van der Waals surface area contributed by atoms with Crippen molar-refractivity contribution >= 4 is 5.71 Å². The van der Waals surface area contributed by atoms with Crippen molar-refractivity contribution in [1.82, 2.24) is 13.7 Å². The Balaban J connectivity index is 1.85. The van der Waals surface area contributed by atoms with Crippen LogP contribution in [0.1, 0.15) is 34.2 Å². The maximum Gasteiger partial charge on any atom is 0.307 e. The SMILES string of the molecule is C=CC1=NC23n4c(C)ccc4Cc4ccc(n42)Cc2ccc(n23)C1. The fraction of sp³-hybridized carbons (Fsp3) is 0.250. The van der Waals surface area contributed by atoms with Gasteiger partial charge >= 0.3 is 5.91 Å². The molecule has 4 heteroatoms. The van der Waals surface area contributed by atoms with Gasteiger partial charge in [0, 0.05) is 59.1 Å². The molecule has 3 aromatic heterocycles. The van der Waals surface area contributed by atoms with Crippen LogP contribution in [0.4, 0.5) is 0 Å². The summed E-state index contributed by atoms with van der Waals surface area (Å²) in [7, 11) is 0. The molecule has 0 aliphatic carbocycles. The predicted octanol–water partition coefficient (Wildman–Crippen LogP) is 3.06. The quantitative estimate of drug-likeness (QED) is 0.660. The van der Waals surface area contributed by atoms with E-state index in [1.165, 1.54) is 34.2 Å². The van der Waals surface area contributed by atoms with Crippen LogP contribution < -0.4 is 0 Å². The van der Waals surface area contributed by atoms with Gasteiger partial charge in [0.05, 0.1) is 0 Å². The van der Waals surface area contributed by atoms with Gasteiger partial charge in [-0.15, -0.1) is 0 Å². The number of fused-ring (bicyclic) bond motifs is 1. The molecule has 24 heavy (non-hydrogen) atoms. The molecule has 4 nitrogen and oxygen atoms in total. The predicted molar refractivity (Wildman–Crippen MR) is 93.8 cm³/mol. The van der Waals surface area contributed by atoms with E-state index in [0.29, 0.717) is 0 Å². The molecule has 1 spiro atoms. The monoisotopic (exact) mass is 314 g/mol. The summed E-state index contributed by atoms with van der Waals surface area (Å²) in [4.78, 5) is 5.28. The van der Waals surface area contributed by atoms with E-state index in [4.69, 9.17) is 4.99 Å². The third-order valence-corrected chi connectivity index (χ3v) is 5.76. The first kappa shape index (κ1) is 12.6. The Morgan fingerprint density at radius 2 is 1.33 bits per heavy atom. The van der Waals surface area contributed by atoms with Gasteiger partial charge in [-0.25, -0.2) is 4.99 Å². The van der Waals surface area contributed by atoms with Gasteiger partial charge in [0.15, 0.2) is 0 Å².